The van der Waals surface area contributed by atoms with Gasteiger partial charge in [-0.2, -0.15) is 0 Å². The van der Waals surface area contributed by atoms with Crippen LogP contribution in [-0.2, 0) is 0 Å². The lowest BCUT2D eigenvalue weighted by atomic mass is 9.91. The minimum Gasteiger partial charge on any atom is -0.456 e. The fraction of sp³-hybridized carbons (Fsp3) is 0. The lowest BCUT2D eigenvalue weighted by molar-refractivity contribution is 0.669. The van der Waals surface area contributed by atoms with Gasteiger partial charge in [0.2, 0.25) is 0 Å². The predicted molar refractivity (Wildman–Crippen MR) is 212 cm³/mol. The molecule has 3 aromatic heterocycles. The van der Waals surface area contributed by atoms with Gasteiger partial charge in [0.25, 0.3) is 0 Å². The summed E-state index contributed by atoms with van der Waals surface area (Å²) in [6.45, 7) is 0. The van der Waals surface area contributed by atoms with Crippen LogP contribution in [0.5, 0.6) is 0 Å². The van der Waals surface area contributed by atoms with Crippen LogP contribution in [0.2, 0.25) is 0 Å². The van der Waals surface area contributed by atoms with E-state index in [1.165, 1.54) is 82.7 Å². The average molecular weight is 649 g/mol. The zero-order valence-electron chi connectivity index (χ0n) is 27.5. The average Bonchev–Trinajstić information content (AvgIpc) is 3.82. The van der Waals surface area contributed by atoms with Crippen molar-refractivity contribution in [3.05, 3.63) is 170 Å². The van der Waals surface area contributed by atoms with Crippen LogP contribution in [0.3, 0.4) is 0 Å². The molecule has 3 heteroatoms. The number of fused-ring (bicyclic) bond motifs is 14. The van der Waals surface area contributed by atoms with Crippen LogP contribution < -0.4 is 0 Å². The molecule has 12 rings (SSSR count). The Bertz CT molecular complexity index is 3260. The molecular formula is C48H28N2O. The Hall–Kier alpha value is -6.84. The largest absolute Gasteiger partial charge is 0.456 e. The first-order valence-electron chi connectivity index (χ1n) is 17.5. The number of benzene rings is 8. The maximum Gasteiger partial charge on any atom is 0.135 e. The number of para-hydroxylation sites is 4. The molecule has 0 radical (unpaired) electrons. The molecule has 0 amide bonds. The van der Waals surface area contributed by atoms with Crippen molar-refractivity contribution >= 4 is 65.6 Å². The van der Waals surface area contributed by atoms with Crippen molar-refractivity contribution in [2.24, 2.45) is 0 Å². The first-order chi connectivity index (χ1) is 25.3. The van der Waals surface area contributed by atoms with Crippen molar-refractivity contribution in [2.45, 2.75) is 0 Å². The van der Waals surface area contributed by atoms with Gasteiger partial charge in [-0.05, 0) is 82.9 Å². The van der Waals surface area contributed by atoms with Crippen LogP contribution in [0.1, 0.15) is 0 Å². The number of furan rings is 1. The summed E-state index contributed by atoms with van der Waals surface area (Å²) in [5.41, 5.74) is 16.5. The van der Waals surface area contributed by atoms with Crippen LogP contribution in [0.4, 0.5) is 0 Å². The minimum atomic E-state index is 0.907. The molecule has 236 valence electrons. The van der Waals surface area contributed by atoms with E-state index in [1.54, 1.807) is 0 Å². The molecule has 0 saturated heterocycles. The van der Waals surface area contributed by atoms with E-state index in [1.807, 2.05) is 12.1 Å². The number of hydrogen-bond donors (Lipinski definition) is 0. The fourth-order valence-electron chi connectivity index (χ4n) is 8.85. The first kappa shape index (κ1) is 27.0. The lowest BCUT2D eigenvalue weighted by Crippen LogP contribution is -1.96. The molecule has 3 nitrogen and oxygen atoms in total. The maximum atomic E-state index is 6.17. The van der Waals surface area contributed by atoms with E-state index >= 15 is 0 Å². The van der Waals surface area contributed by atoms with Crippen molar-refractivity contribution in [1.29, 1.82) is 0 Å². The van der Waals surface area contributed by atoms with E-state index in [-0.39, 0.29) is 0 Å². The molecule has 0 spiro atoms. The highest BCUT2D eigenvalue weighted by molar-refractivity contribution is 6.17. The summed E-state index contributed by atoms with van der Waals surface area (Å²) < 4.78 is 11.0. The number of rotatable bonds is 2. The van der Waals surface area contributed by atoms with Crippen molar-refractivity contribution in [3.63, 3.8) is 0 Å². The van der Waals surface area contributed by atoms with Gasteiger partial charge in [0.15, 0.2) is 0 Å². The van der Waals surface area contributed by atoms with Gasteiger partial charge in [-0.3, -0.25) is 0 Å². The zero-order chi connectivity index (χ0) is 33.2. The zero-order valence-corrected chi connectivity index (χ0v) is 27.5. The third kappa shape index (κ3) is 3.62. The molecule has 0 fully saturated rings. The highest BCUT2D eigenvalue weighted by Crippen LogP contribution is 2.47. The second-order valence-electron chi connectivity index (χ2n) is 13.7. The molecule has 11 aromatic rings. The van der Waals surface area contributed by atoms with Gasteiger partial charge in [-0.25, -0.2) is 0 Å². The van der Waals surface area contributed by atoms with Gasteiger partial charge in [0.1, 0.15) is 11.2 Å². The second kappa shape index (κ2) is 9.87. The van der Waals surface area contributed by atoms with E-state index in [0.717, 1.165) is 27.6 Å². The van der Waals surface area contributed by atoms with E-state index in [4.69, 9.17) is 4.42 Å². The van der Waals surface area contributed by atoms with Gasteiger partial charge in [0, 0.05) is 49.1 Å². The van der Waals surface area contributed by atoms with Gasteiger partial charge in [-0.1, -0.05) is 109 Å². The van der Waals surface area contributed by atoms with E-state index in [0.29, 0.717) is 0 Å². The van der Waals surface area contributed by atoms with Crippen molar-refractivity contribution in [3.8, 4) is 44.8 Å². The summed E-state index contributed by atoms with van der Waals surface area (Å²) in [6, 6.07) is 62.0. The van der Waals surface area contributed by atoms with Crippen LogP contribution in [0.15, 0.2) is 174 Å². The Morgan fingerprint density at radius 1 is 0.333 bits per heavy atom. The lowest BCUT2D eigenvalue weighted by Gasteiger charge is -2.15. The summed E-state index contributed by atoms with van der Waals surface area (Å²) in [6.07, 6.45) is 0. The SMILES string of the molecule is c1ccc2c(c1)-c1cc(-c3ccc4c(c3)c3ccccc3n4-c3ccc4oc5ccccc5c4c3)ccc1-n1c3ccccc3c3cccc-2c31. The van der Waals surface area contributed by atoms with Gasteiger partial charge in [0.05, 0.1) is 27.8 Å². The molecule has 0 saturated carbocycles. The highest BCUT2D eigenvalue weighted by atomic mass is 16.3. The van der Waals surface area contributed by atoms with Gasteiger partial charge < -0.3 is 13.6 Å². The monoisotopic (exact) mass is 648 g/mol. The normalized spacial score (nSPS) is 12.3. The van der Waals surface area contributed by atoms with Gasteiger partial charge in [-0.15, -0.1) is 0 Å². The fourth-order valence-corrected chi connectivity index (χ4v) is 8.85. The molecule has 8 aromatic carbocycles. The minimum absolute atomic E-state index is 0.907. The van der Waals surface area contributed by atoms with Gasteiger partial charge >= 0.3 is 0 Å². The Labute approximate surface area is 292 Å². The Morgan fingerprint density at radius 2 is 0.941 bits per heavy atom. The molecular weight excluding hydrogens is 621 g/mol. The predicted octanol–water partition coefficient (Wildman–Crippen LogP) is 13.1. The summed E-state index contributed by atoms with van der Waals surface area (Å²) in [4.78, 5) is 0. The molecule has 1 aliphatic rings. The standard InChI is InChI=1S/C48H28N2O/c1-2-11-33-32(10-1)37-15-9-16-38-34-12-3-7-18-43(34)50(48(37)38)45-24-21-29(26-39(33)45)30-20-23-44-40(27-30)35-13-4-6-17-42(35)49(44)31-22-25-47-41(28-31)36-14-5-8-19-46(36)51-47/h1-28H. The number of nitrogens with zero attached hydrogens (tertiary/aromatic N) is 2. The van der Waals surface area contributed by atoms with Crippen molar-refractivity contribution in [1.82, 2.24) is 9.13 Å². The molecule has 0 unspecified atom stereocenters. The van der Waals surface area contributed by atoms with E-state index in [2.05, 4.69) is 167 Å². The summed E-state index contributed by atoms with van der Waals surface area (Å²) in [7, 11) is 0. The maximum absolute atomic E-state index is 6.17. The Balaban J connectivity index is 1.08. The number of hydrogen-bond acceptors (Lipinski definition) is 1. The van der Waals surface area contributed by atoms with E-state index < -0.39 is 0 Å². The molecule has 0 atom stereocenters. The molecule has 51 heavy (non-hydrogen) atoms. The third-order valence-corrected chi connectivity index (χ3v) is 11.1. The van der Waals surface area contributed by atoms with Crippen LogP contribution in [0, 0.1) is 0 Å². The van der Waals surface area contributed by atoms with E-state index in [9.17, 15) is 0 Å². The topological polar surface area (TPSA) is 23.0 Å². The van der Waals surface area contributed by atoms with Crippen molar-refractivity contribution in [2.75, 3.05) is 0 Å². The van der Waals surface area contributed by atoms with Crippen LogP contribution in [-0.4, -0.2) is 9.13 Å². The molecule has 0 bridgehead atoms. The number of aromatic nitrogens is 2. The highest BCUT2D eigenvalue weighted by Gasteiger charge is 2.24. The summed E-state index contributed by atoms with van der Waals surface area (Å²) >= 11 is 0. The first-order valence-corrected chi connectivity index (χ1v) is 17.5. The summed E-state index contributed by atoms with van der Waals surface area (Å²) in [5, 5.41) is 7.32. The third-order valence-electron chi connectivity index (χ3n) is 11.1. The van der Waals surface area contributed by atoms with Crippen LogP contribution in [0.25, 0.3) is 110 Å². The van der Waals surface area contributed by atoms with Crippen LogP contribution >= 0.6 is 0 Å². The molecule has 0 aliphatic carbocycles. The Morgan fingerprint density at radius 3 is 1.80 bits per heavy atom. The smallest absolute Gasteiger partial charge is 0.135 e. The molecule has 1 aliphatic heterocycles. The van der Waals surface area contributed by atoms with Crippen molar-refractivity contribution < 1.29 is 4.42 Å². The molecule has 0 N–H and O–H groups in total. The molecule has 4 heterocycles. The second-order valence-corrected chi connectivity index (χ2v) is 13.7. The summed E-state index contributed by atoms with van der Waals surface area (Å²) in [5.74, 6) is 0. The Kier molecular flexibility index (Phi) is 5.23. The quantitative estimate of drug-likeness (QED) is 0.183.